The molecule has 5 heterocycles. The van der Waals surface area contributed by atoms with Crippen molar-refractivity contribution >= 4 is 27.8 Å². The van der Waals surface area contributed by atoms with E-state index in [4.69, 9.17) is 4.74 Å². The largest absolute Gasteiger partial charge is 0.451 e. The van der Waals surface area contributed by atoms with Crippen LogP contribution in [0.3, 0.4) is 0 Å². The Bertz CT molecular complexity index is 1790. The van der Waals surface area contributed by atoms with Crippen molar-refractivity contribution in [3.63, 3.8) is 0 Å². The lowest BCUT2D eigenvalue weighted by molar-refractivity contribution is -0.117. The topological polar surface area (TPSA) is 135 Å². The Balaban J connectivity index is 0.954. The first kappa shape index (κ1) is 40.9. The van der Waals surface area contributed by atoms with Crippen LogP contribution in [0.1, 0.15) is 63.7 Å². The van der Waals surface area contributed by atoms with Gasteiger partial charge in [-0.3, -0.25) is 9.59 Å². The second kappa shape index (κ2) is 17.2. The number of nitrogens with zero attached hydrogens (tertiary/aromatic N) is 8. The van der Waals surface area contributed by atoms with Crippen LogP contribution in [-0.2, 0) is 15.0 Å². The lowest BCUT2D eigenvalue weighted by atomic mass is 9.72. The molecule has 1 spiro atoms. The van der Waals surface area contributed by atoms with E-state index < -0.39 is 16.0 Å². The molecule has 0 saturated carbocycles. The van der Waals surface area contributed by atoms with Crippen molar-refractivity contribution in [2.24, 2.45) is 11.3 Å². The van der Waals surface area contributed by atoms with Crippen LogP contribution in [0.25, 0.3) is 0 Å². The molecule has 4 aliphatic rings. The third-order valence-electron chi connectivity index (χ3n) is 11.3. The van der Waals surface area contributed by atoms with Gasteiger partial charge in [0.05, 0.1) is 17.8 Å². The van der Waals surface area contributed by atoms with Crippen LogP contribution >= 0.6 is 0 Å². The summed E-state index contributed by atoms with van der Waals surface area (Å²) < 4.78 is 50.4. The molecular formula is C39H58FN9O5S. The number of amides is 2. The average Bonchev–Trinajstić information content (AvgIpc) is 3.10. The fourth-order valence-electron chi connectivity index (χ4n) is 8.33. The van der Waals surface area contributed by atoms with Crippen LogP contribution < -0.4 is 15.0 Å². The molecule has 14 nitrogen and oxygen atoms in total. The monoisotopic (exact) mass is 783 g/mol. The number of halogens is 1. The first-order chi connectivity index (χ1) is 26.1. The van der Waals surface area contributed by atoms with Gasteiger partial charge < -0.3 is 29.7 Å². The number of carbonyl (C=O) groups is 2. The fraction of sp³-hybridized carbons (Fsp3) is 0.641. The zero-order valence-electron chi connectivity index (χ0n) is 33.2. The number of piperidine rings is 2. The van der Waals surface area contributed by atoms with Gasteiger partial charge in [-0.05, 0) is 105 Å². The van der Waals surface area contributed by atoms with Crippen LogP contribution in [0.4, 0.5) is 10.2 Å². The van der Waals surface area contributed by atoms with Crippen LogP contribution in [-0.4, -0.2) is 151 Å². The summed E-state index contributed by atoms with van der Waals surface area (Å²) in [6.45, 7) is 14.7. The molecule has 55 heavy (non-hydrogen) atoms. The van der Waals surface area contributed by atoms with Crippen LogP contribution in [0.15, 0.2) is 42.9 Å². The number of likely N-dealkylation sites (tertiary alicyclic amines) is 1. The third-order valence-corrected chi connectivity index (χ3v) is 13.3. The van der Waals surface area contributed by atoms with E-state index in [9.17, 15) is 22.4 Å². The Morgan fingerprint density at radius 3 is 2.33 bits per heavy atom. The number of benzene rings is 1. The number of hydrogen-bond acceptors (Lipinski definition) is 10. The van der Waals surface area contributed by atoms with E-state index in [-0.39, 0.29) is 46.7 Å². The molecule has 0 atom stereocenters. The van der Waals surface area contributed by atoms with E-state index in [1.807, 2.05) is 46.7 Å². The molecular weight excluding hydrogens is 726 g/mol. The van der Waals surface area contributed by atoms with Gasteiger partial charge >= 0.3 is 0 Å². The third kappa shape index (κ3) is 9.65. The van der Waals surface area contributed by atoms with Gasteiger partial charge in [-0.2, -0.15) is 17.0 Å². The number of hydrogen-bond donors (Lipinski definition) is 1. The van der Waals surface area contributed by atoms with Crippen molar-refractivity contribution in [1.82, 2.24) is 38.6 Å². The quantitative estimate of drug-likeness (QED) is 0.284. The second-order valence-electron chi connectivity index (χ2n) is 16.5. The number of carbonyl (C=O) groups excluding carboxylic acids is 2. The van der Waals surface area contributed by atoms with Crippen molar-refractivity contribution < 1.29 is 27.1 Å². The van der Waals surface area contributed by atoms with Gasteiger partial charge in [-0.1, -0.05) is 6.08 Å². The zero-order valence-corrected chi connectivity index (χ0v) is 34.0. The zero-order chi connectivity index (χ0) is 39.5. The van der Waals surface area contributed by atoms with Gasteiger partial charge in [-0.25, -0.2) is 14.4 Å². The van der Waals surface area contributed by atoms with E-state index in [1.54, 1.807) is 21.5 Å². The molecule has 1 aromatic carbocycles. The Morgan fingerprint density at radius 1 is 1.02 bits per heavy atom. The lowest BCUT2D eigenvalue weighted by Crippen LogP contribution is -2.63. The minimum absolute atomic E-state index is 0.0754. The first-order valence-corrected chi connectivity index (χ1v) is 21.0. The molecule has 4 saturated heterocycles. The normalized spacial score (nSPS) is 20.4. The number of ether oxygens (including phenoxy) is 1. The van der Waals surface area contributed by atoms with Gasteiger partial charge in [0, 0.05) is 75.9 Å². The summed E-state index contributed by atoms with van der Waals surface area (Å²) >= 11 is 0. The van der Waals surface area contributed by atoms with Crippen molar-refractivity contribution in [2.45, 2.75) is 71.5 Å². The van der Waals surface area contributed by atoms with Gasteiger partial charge in [0.2, 0.25) is 5.91 Å². The summed E-state index contributed by atoms with van der Waals surface area (Å²) in [4.78, 5) is 42.9. The van der Waals surface area contributed by atoms with Crippen molar-refractivity contribution in [3.8, 4) is 11.5 Å². The number of likely N-dealkylation sites (N-methyl/N-ethyl adjacent to an activating group) is 1. The van der Waals surface area contributed by atoms with Gasteiger partial charge in [-0.15, -0.1) is 0 Å². The molecule has 1 N–H and O–H groups in total. The Kier molecular flexibility index (Phi) is 12.8. The molecule has 0 radical (unpaired) electrons. The summed E-state index contributed by atoms with van der Waals surface area (Å²) in [6.07, 6.45) is 10.2. The molecule has 0 bridgehead atoms. The summed E-state index contributed by atoms with van der Waals surface area (Å²) in [5.41, 5.74) is 0.340. The molecule has 0 unspecified atom stereocenters. The van der Waals surface area contributed by atoms with Crippen molar-refractivity contribution in [1.29, 1.82) is 0 Å². The van der Waals surface area contributed by atoms with E-state index in [0.29, 0.717) is 50.2 Å². The second-order valence-corrected chi connectivity index (χ2v) is 18.5. The smallest absolute Gasteiger partial charge is 0.282 e. The van der Waals surface area contributed by atoms with Crippen molar-refractivity contribution in [2.75, 3.05) is 84.4 Å². The standard InChI is InChI=1S/C39H58FN9O5S/c1-28(2)49(29(3)4)38(51)33-20-31(40)9-10-34(33)54-35-21-41-27-42-37(35)46-25-39(26-46)13-18-45(19-14-39)22-30-11-16-47(17-12-30)55(52,53)48-23-32(24-48)43-36(50)8-7-15-44(5)6/h7-10,20-21,27-30,32H,11-19,22-26H2,1-6H3,(H,43,50)/b8-7+. The number of anilines is 1. The number of rotatable bonds is 14. The van der Waals surface area contributed by atoms with Crippen LogP contribution in [0, 0.1) is 17.2 Å². The number of aromatic nitrogens is 2. The van der Waals surface area contributed by atoms with E-state index in [2.05, 4.69) is 25.1 Å². The highest BCUT2D eigenvalue weighted by molar-refractivity contribution is 7.86. The maximum Gasteiger partial charge on any atom is 0.282 e. The maximum atomic E-state index is 14.4. The molecule has 302 valence electrons. The molecule has 6 rings (SSSR count). The Hall–Kier alpha value is -3.70. The molecule has 1 aromatic heterocycles. The first-order valence-electron chi connectivity index (χ1n) is 19.6. The predicted molar refractivity (Wildman–Crippen MR) is 210 cm³/mol. The average molecular weight is 784 g/mol. The SMILES string of the molecule is CC(C)N(C(=O)c1cc(F)ccc1Oc1cncnc1N1CC2(CCN(CC3CCN(S(=O)(=O)N4CC(NC(=O)/C=C/CN(C)C)C4)CC3)CC2)C1)C(C)C. The molecule has 2 amide bonds. The van der Waals surface area contributed by atoms with E-state index >= 15 is 0 Å². The van der Waals surface area contributed by atoms with Crippen LogP contribution in [0.2, 0.25) is 0 Å². The molecule has 16 heteroatoms. The van der Waals surface area contributed by atoms with Crippen molar-refractivity contribution in [3.05, 3.63) is 54.3 Å². The summed E-state index contributed by atoms with van der Waals surface area (Å²) in [7, 11) is 0.320. The van der Waals surface area contributed by atoms with Gasteiger partial charge in [0.1, 0.15) is 17.9 Å². The molecule has 4 aliphatic heterocycles. The van der Waals surface area contributed by atoms with Crippen LogP contribution in [0.5, 0.6) is 11.5 Å². The Labute approximate surface area is 325 Å². The maximum absolute atomic E-state index is 14.4. The molecule has 0 aliphatic carbocycles. The minimum atomic E-state index is -3.53. The van der Waals surface area contributed by atoms with E-state index in [1.165, 1.54) is 34.9 Å². The highest BCUT2D eigenvalue weighted by Crippen LogP contribution is 2.45. The highest BCUT2D eigenvalue weighted by atomic mass is 32.2. The molecule has 2 aromatic rings. The highest BCUT2D eigenvalue weighted by Gasteiger charge is 2.47. The summed E-state index contributed by atoms with van der Waals surface area (Å²) in [5, 5.41) is 2.89. The van der Waals surface area contributed by atoms with E-state index in [0.717, 1.165) is 58.4 Å². The fourth-order valence-corrected chi connectivity index (χ4v) is 10.1. The van der Waals surface area contributed by atoms with Gasteiger partial charge in [0.15, 0.2) is 11.6 Å². The number of nitrogens with one attached hydrogen (secondary N) is 1. The summed E-state index contributed by atoms with van der Waals surface area (Å²) in [6, 6.07) is 3.70. The predicted octanol–water partition coefficient (Wildman–Crippen LogP) is 3.44. The molecule has 4 fully saturated rings. The lowest BCUT2D eigenvalue weighted by Gasteiger charge is -2.54. The Morgan fingerprint density at radius 2 is 1.69 bits per heavy atom. The minimum Gasteiger partial charge on any atom is -0.451 e. The summed E-state index contributed by atoms with van der Waals surface area (Å²) in [5.74, 6) is 0.799. The van der Waals surface area contributed by atoms with Gasteiger partial charge in [0.25, 0.3) is 16.1 Å².